The molecule has 0 fully saturated rings. The molecule has 0 aliphatic carbocycles. The topological polar surface area (TPSA) is 46.6 Å². The van der Waals surface area contributed by atoms with E-state index in [4.69, 9.17) is 16.3 Å². The van der Waals surface area contributed by atoms with Crippen LogP contribution in [0.15, 0.2) is 36.4 Å². The first-order valence-electron chi connectivity index (χ1n) is 6.92. The first-order valence-corrected chi connectivity index (χ1v) is 8.11. The van der Waals surface area contributed by atoms with E-state index in [0.717, 1.165) is 29.0 Å². The third-order valence-corrected chi connectivity index (χ3v) is 4.77. The van der Waals surface area contributed by atoms with Crippen molar-refractivity contribution >= 4 is 40.5 Å². The molecule has 2 heterocycles. The molecule has 1 aromatic heterocycles. The van der Waals surface area contributed by atoms with Gasteiger partial charge in [-0.05, 0) is 37.1 Å². The second kappa shape index (κ2) is 6.10. The maximum Gasteiger partial charge on any atom is 0.349 e. The fourth-order valence-electron chi connectivity index (χ4n) is 2.48. The zero-order chi connectivity index (χ0) is 15.7. The van der Waals surface area contributed by atoms with Crippen molar-refractivity contribution < 1.29 is 14.3 Å². The molecule has 0 unspecified atom stereocenters. The summed E-state index contributed by atoms with van der Waals surface area (Å²) in [5.74, 6) is -0.730. The molecule has 1 aliphatic heterocycles. The summed E-state index contributed by atoms with van der Waals surface area (Å²) in [4.78, 5) is 26.6. The summed E-state index contributed by atoms with van der Waals surface area (Å²) in [6.07, 6.45) is -0.0112. The monoisotopic (exact) mass is 335 g/mol. The Bertz CT molecular complexity index is 728. The van der Waals surface area contributed by atoms with Gasteiger partial charge >= 0.3 is 5.97 Å². The molecule has 3 rings (SSSR count). The second-order valence-corrected chi connectivity index (χ2v) is 6.73. The van der Waals surface area contributed by atoms with E-state index in [2.05, 4.69) is 0 Å². The van der Waals surface area contributed by atoms with Crippen LogP contribution in [0.1, 0.15) is 22.2 Å². The standard InChI is InChI=1S/C16H14ClNO3S/c1-10(21-16(20)13-6-7-14(17)22-13)15(19)18-9-8-11-4-2-3-5-12(11)18/h2-7,10H,8-9H2,1H3/t10-/m1/s1. The Morgan fingerprint density at radius 1 is 1.27 bits per heavy atom. The lowest BCUT2D eigenvalue weighted by Crippen LogP contribution is -2.39. The predicted octanol–water partition coefficient (Wildman–Crippen LogP) is 3.54. The Balaban J connectivity index is 1.69. The number of ether oxygens (including phenoxy) is 1. The zero-order valence-electron chi connectivity index (χ0n) is 11.9. The van der Waals surface area contributed by atoms with Crippen LogP contribution in [0.2, 0.25) is 4.34 Å². The Hall–Kier alpha value is -1.85. The van der Waals surface area contributed by atoms with Gasteiger partial charge < -0.3 is 9.64 Å². The number of carbonyl (C=O) groups is 2. The largest absolute Gasteiger partial charge is 0.448 e. The van der Waals surface area contributed by atoms with Gasteiger partial charge in [0, 0.05) is 12.2 Å². The van der Waals surface area contributed by atoms with Gasteiger partial charge in [-0.2, -0.15) is 0 Å². The number of fused-ring (bicyclic) bond motifs is 1. The van der Waals surface area contributed by atoms with Crippen molar-refractivity contribution in [3.63, 3.8) is 0 Å². The third-order valence-electron chi connectivity index (χ3n) is 3.56. The molecule has 0 saturated heterocycles. The second-order valence-electron chi connectivity index (χ2n) is 5.02. The van der Waals surface area contributed by atoms with Crippen molar-refractivity contribution in [2.45, 2.75) is 19.4 Å². The molecule has 114 valence electrons. The predicted molar refractivity (Wildman–Crippen MR) is 86.7 cm³/mol. The van der Waals surface area contributed by atoms with Crippen LogP contribution in [0.3, 0.4) is 0 Å². The molecular formula is C16H14ClNO3S. The van der Waals surface area contributed by atoms with Crippen molar-refractivity contribution in [1.29, 1.82) is 0 Å². The Morgan fingerprint density at radius 3 is 2.77 bits per heavy atom. The number of hydrogen-bond acceptors (Lipinski definition) is 4. The van der Waals surface area contributed by atoms with Crippen LogP contribution in [0, 0.1) is 0 Å². The Morgan fingerprint density at radius 2 is 2.05 bits per heavy atom. The molecule has 0 spiro atoms. The number of hydrogen-bond donors (Lipinski definition) is 0. The lowest BCUT2D eigenvalue weighted by atomic mass is 10.2. The van der Waals surface area contributed by atoms with E-state index in [1.54, 1.807) is 24.0 Å². The SMILES string of the molecule is C[C@@H](OC(=O)c1ccc(Cl)s1)C(=O)N1CCc2ccccc21. The third kappa shape index (κ3) is 2.87. The number of anilines is 1. The van der Waals surface area contributed by atoms with Gasteiger partial charge in [-0.25, -0.2) is 4.79 Å². The maximum atomic E-state index is 12.5. The van der Waals surface area contributed by atoms with Crippen LogP contribution >= 0.6 is 22.9 Å². The minimum atomic E-state index is -0.834. The highest BCUT2D eigenvalue weighted by atomic mass is 35.5. The van der Waals surface area contributed by atoms with Gasteiger partial charge in [0.05, 0.1) is 4.34 Å². The molecular weight excluding hydrogens is 322 g/mol. The minimum Gasteiger partial charge on any atom is -0.448 e. The van der Waals surface area contributed by atoms with E-state index in [0.29, 0.717) is 15.8 Å². The van der Waals surface area contributed by atoms with Crippen LogP contribution in [0.5, 0.6) is 0 Å². The number of halogens is 1. The fourth-order valence-corrected chi connectivity index (χ4v) is 3.41. The molecule has 2 aromatic rings. The number of esters is 1. The molecule has 6 heteroatoms. The number of amides is 1. The summed E-state index contributed by atoms with van der Waals surface area (Å²) in [6.45, 7) is 2.21. The average molecular weight is 336 g/mol. The van der Waals surface area contributed by atoms with E-state index in [-0.39, 0.29) is 5.91 Å². The summed E-state index contributed by atoms with van der Waals surface area (Å²) < 4.78 is 5.77. The lowest BCUT2D eigenvalue weighted by molar-refractivity contribution is -0.126. The van der Waals surface area contributed by atoms with E-state index in [9.17, 15) is 9.59 Å². The van der Waals surface area contributed by atoms with Crippen molar-refractivity contribution in [3.8, 4) is 0 Å². The number of para-hydroxylation sites is 1. The number of rotatable bonds is 3. The van der Waals surface area contributed by atoms with Gasteiger partial charge in [0.1, 0.15) is 4.88 Å². The molecule has 1 aliphatic rings. The zero-order valence-corrected chi connectivity index (χ0v) is 13.5. The number of thiophene rings is 1. The first kappa shape index (κ1) is 15.1. The fraction of sp³-hybridized carbons (Fsp3) is 0.250. The Kier molecular flexibility index (Phi) is 4.18. The van der Waals surface area contributed by atoms with Crippen LogP contribution < -0.4 is 4.90 Å². The summed E-state index contributed by atoms with van der Waals surface area (Å²) in [6, 6.07) is 11.0. The van der Waals surface area contributed by atoms with Gasteiger partial charge in [-0.1, -0.05) is 29.8 Å². The lowest BCUT2D eigenvalue weighted by Gasteiger charge is -2.21. The number of nitrogens with zero attached hydrogens (tertiary/aromatic N) is 1. The molecule has 1 atom stereocenters. The summed E-state index contributed by atoms with van der Waals surface area (Å²) in [7, 11) is 0. The van der Waals surface area contributed by atoms with Crippen molar-refractivity contribution in [3.05, 3.63) is 51.2 Å². The van der Waals surface area contributed by atoms with Crippen molar-refractivity contribution in [2.24, 2.45) is 0 Å². The number of carbonyl (C=O) groups excluding carboxylic acids is 2. The van der Waals surface area contributed by atoms with Crippen LogP contribution in [0.4, 0.5) is 5.69 Å². The number of benzene rings is 1. The van der Waals surface area contributed by atoms with Gasteiger partial charge in [-0.15, -0.1) is 11.3 Å². The van der Waals surface area contributed by atoms with Gasteiger partial charge in [-0.3, -0.25) is 4.79 Å². The summed E-state index contributed by atoms with van der Waals surface area (Å²) >= 11 is 6.94. The average Bonchev–Trinajstić information content (AvgIpc) is 3.12. The van der Waals surface area contributed by atoms with Crippen LogP contribution in [-0.4, -0.2) is 24.5 Å². The highest BCUT2D eigenvalue weighted by Crippen LogP contribution is 2.28. The first-order chi connectivity index (χ1) is 10.6. The van der Waals surface area contributed by atoms with E-state index >= 15 is 0 Å². The van der Waals surface area contributed by atoms with Gasteiger partial charge in [0.2, 0.25) is 0 Å². The highest BCUT2D eigenvalue weighted by molar-refractivity contribution is 7.17. The quantitative estimate of drug-likeness (QED) is 0.806. The summed E-state index contributed by atoms with van der Waals surface area (Å²) in [5.41, 5.74) is 2.04. The van der Waals surface area contributed by atoms with E-state index in [1.807, 2.05) is 24.3 Å². The molecule has 0 bridgehead atoms. The highest BCUT2D eigenvalue weighted by Gasteiger charge is 2.30. The van der Waals surface area contributed by atoms with Crippen molar-refractivity contribution in [1.82, 2.24) is 0 Å². The van der Waals surface area contributed by atoms with E-state index in [1.165, 1.54) is 0 Å². The molecule has 22 heavy (non-hydrogen) atoms. The molecule has 0 N–H and O–H groups in total. The molecule has 1 amide bonds. The van der Waals surface area contributed by atoms with Gasteiger partial charge in [0.15, 0.2) is 6.10 Å². The molecule has 0 saturated carbocycles. The van der Waals surface area contributed by atoms with E-state index < -0.39 is 12.1 Å². The normalized spacial score (nSPS) is 14.5. The molecule has 0 radical (unpaired) electrons. The smallest absolute Gasteiger partial charge is 0.349 e. The van der Waals surface area contributed by atoms with Gasteiger partial charge in [0.25, 0.3) is 5.91 Å². The summed E-state index contributed by atoms with van der Waals surface area (Å²) in [5, 5.41) is 0. The van der Waals surface area contributed by atoms with Crippen LogP contribution in [0.25, 0.3) is 0 Å². The Labute approximate surface area is 137 Å². The minimum absolute atomic E-state index is 0.207. The van der Waals surface area contributed by atoms with Crippen LogP contribution in [-0.2, 0) is 16.0 Å². The molecule has 1 aromatic carbocycles. The maximum absolute atomic E-state index is 12.5. The molecule has 4 nitrogen and oxygen atoms in total. The van der Waals surface area contributed by atoms with Crippen molar-refractivity contribution in [2.75, 3.05) is 11.4 Å².